The molecule has 1 N–H and O–H groups in total. The maximum Gasteiger partial charge on any atom is 0.251 e. The van der Waals surface area contributed by atoms with Crippen molar-refractivity contribution in [3.63, 3.8) is 0 Å². The summed E-state index contributed by atoms with van der Waals surface area (Å²) >= 11 is 0. The van der Waals surface area contributed by atoms with Crippen LogP contribution in [0.15, 0.2) is 36.5 Å². The molecular formula is C22H20F2N4O2. The van der Waals surface area contributed by atoms with Gasteiger partial charge in [-0.1, -0.05) is 0 Å². The van der Waals surface area contributed by atoms with Gasteiger partial charge in [-0.3, -0.25) is 9.48 Å². The summed E-state index contributed by atoms with van der Waals surface area (Å²) in [6.07, 6.45) is 3.83. The number of fused-ring (bicyclic) bond motifs is 1. The minimum Gasteiger partial charge on any atom is -0.481 e. The van der Waals surface area contributed by atoms with Crippen molar-refractivity contribution in [3.05, 3.63) is 65.0 Å². The Bertz CT molecular complexity index is 1140. The molecule has 0 spiro atoms. The molecule has 0 unspecified atom stereocenters. The van der Waals surface area contributed by atoms with Crippen molar-refractivity contribution in [1.82, 2.24) is 20.1 Å². The first-order valence-electron chi connectivity index (χ1n) is 9.91. The third-order valence-corrected chi connectivity index (χ3v) is 5.65. The Morgan fingerprint density at radius 1 is 1.17 bits per heavy atom. The van der Waals surface area contributed by atoms with Crippen molar-refractivity contribution in [2.75, 3.05) is 7.11 Å². The summed E-state index contributed by atoms with van der Waals surface area (Å²) in [5.41, 5.74) is 2.71. The molecule has 0 saturated heterocycles. The van der Waals surface area contributed by atoms with E-state index in [0.29, 0.717) is 36.0 Å². The molecule has 0 radical (unpaired) electrons. The van der Waals surface area contributed by atoms with Crippen molar-refractivity contribution in [1.29, 1.82) is 0 Å². The number of aryl methyl sites for hydroxylation is 1. The van der Waals surface area contributed by atoms with Crippen LogP contribution in [0.2, 0.25) is 0 Å². The van der Waals surface area contributed by atoms with Gasteiger partial charge >= 0.3 is 0 Å². The molecule has 5 rings (SSSR count). The van der Waals surface area contributed by atoms with Crippen molar-refractivity contribution < 1.29 is 18.3 Å². The zero-order valence-corrected chi connectivity index (χ0v) is 16.4. The standard InChI is InChI=1S/C22H20F2N4O2/c1-30-21-9-16(17(24)11-25-21)19-10-20-18(4-5-28(20)27-19)26-22(29)14-6-13(12-2-3-12)7-15(23)8-14/h6-12,18H,2-5H2,1H3,(H,26,29)/t18-/m1/s1. The molecule has 8 heteroatoms. The molecule has 1 aromatic carbocycles. The van der Waals surface area contributed by atoms with E-state index in [2.05, 4.69) is 15.4 Å². The number of hydrogen-bond acceptors (Lipinski definition) is 4. The highest BCUT2D eigenvalue weighted by molar-refractivity contribution is 5.94. The predicted octanol–water partition coefficient (Wildman–Crippen LogP) is 3.98. The normalized spacial score (nSPS) is 17.6. The lowest BCUT2D eigenvalue weighted by atomic mass is 10.1. The summed E-state index contributed by atoms with van der Waals surface area (Å²) in [4.78, 5) is 16.6. The number of halogens is 2. The fraction of sp³-hybridized carbons (Fsp3) is 0.318. The van der Waals surface area contributed by atoms with Crippen molar-refractivity contribution in [2.24, 2.45) is 0 Å². The van der Waals surface area contributed by atoms with E-state index in [1.165, 1.54) is 25.3 Å². The summed E-state index contributed by atoms with van der Waals surface area (Å²) in [6, 6.07) is 7.51. The molecule has 1 atom stereocenters. The van der Waals surface area contributed by atoms with Gasteiger partial charge in [-0.2, -0.15) is 5.10 Å². The van der Waals surface area contributed by atoms with E-state index in [4.69, 9.17) is 4.74 Å². The van der Waals surface area contributed by atoms with E-state index in [9.17, 15) is 13.6 Å². The molecule has 1 aliphatic heterocycles. The van der Waals surface area contributed by atoms with E-state index in [1.54, 1.807) is 16.8 Å². The molecule has 3 aromatic rings. The predicted molar refractivity (Wildman–Crippen MR) is 105 cm³/mol. The summed E-state index contributed by atoms with van der Waals surface area (Å²) in [5, 5.41) is 7.44. The van der Waals surface area contributed by atoms with Crippen LogP contribution < -0.4 is 10.1 Å². The molecule has 3 heterocycles. The summed E-state index contributed by atoms with van der Waals surface area (Å²) in [7, 11) is 1.46. The number of nitrogens with zero attached hydrogens (tertiary/aromatic N) is 3. The average Bonchev–Trinajstić information content (AvgIpc) is 3.41. The van der Waals surface area contributed by atoms with Gasteiger partial charge in [0, 0.05) is 23.7 Å². The number of hydrogen-bond donors (Lipinski definition) is 1. The largest absolute Gasteiger partial charge is 0.481 e. The molecule has 0 bridgehead atoms. The molecule has 2 aliphatic rings. The van der Waals surface area contributed by atoms with Crippen LogP contribution in [-0.2, 0) is 6.54 Å². The van der Waals surface area contributed by atoms with Crippen LogP contribution >= 0.6 is 0 Å². The summed E-state index contributed by atoms with van der Waals surface area (Å²) < 4.78 is 35.1. The van der Waals surface area contributed by atoms with Crippen LogP contribution in [0.25, 0.3) is 11.3 Å². The average molecular weight is 410 g/mol. The first-order valence-corrected chi connectivity index (χ1v) is 9.91. The number of rotatable bonds is 5. The summed E-state index contributed by atoms with van der Waals surface area (Å²) in [6.45, 7) is 0.598. The lowest BCUT2D eigenvalue weighted by molar-refractivity contribution is 0.0936. The minimum absolute atomic E-state index is 0.279. The molecule has 2 aromatic heterocycles. The molecule has 1 aliphatic carbocycles. The number of carbonyl (C=O) groups is 1. The molecule has 1 saturated carbocycles. The van der Waals surface area contributed by atoms with E-state index >= 15 is 0 Å². The van der Waals surface area contributed by atoms with Gasteiger partial charge in [-0.25, -0.2) is 13.8 Å². The Balaban J connectivity index is 1.39. The molecule has 30 heavy (non-hydrogen) atoms. The van der Waals surface area contributed by atoms with E-state index in [1.807, 2.05) is 0 Å². The second-order valence-corrected chi connectivity index (χ2v) is 7.75. The van der Waals surface area contributed by atoms with Gasteiger partial charge in [0.1, 0.15) is 5.82 Å². The highest BCUT2D eigenvalue weighted by Crippen LogP contribution is 2.40. The monoisotopic (exact) mass is 410 g/mol. The maximum atomic E-state index is 14.3. The zero-order valence-electron chi connectivity index (χ0n) is 16.4. The van der Waals surface area contributed by atoms with Gasteiger partial charge in [0.05, 0.1) is 30.7 Å². The first kappa shape index (κ1) is 18.7. The number of methoxy groups -OCH3 is 1. The number of benzene rings is 1. The van der Waals surface area contributed by atoms with Gasteiger partial charge in [0.2, 0.25) is 5.88 Å². The fourth-order valence-electron chi connectivity index (χ4n) is 3.93. The van der Waals surface area contributed by atoms with Gasteiger partial charge in [0.15, 0.2) is 5.82 Å². The van der Waals surface area contributed by atoms with Crippen LogP contribution in [-0.4, -0.2) is 27.8 Å². The highest BCUT2D eigenvalue weighted by Gasteiger charge is 2.29. The first-order chi connectivity index (χ1) is 14.5. The molecule has 1 amide bonds. The number of aromatic nitrogens is 3. The third kappa shape index (κ3) is 3.42. The topological polar surface area (TPSA) is 69.0 Å². The Morgan fingerprint density at radius 3 is 2.77 bits per heavy atom. The highest BCUT2D eigenvalue weighted by atomic mass is 19.1. The van der Waals surface area contributed by atoms with Gasteiger partial charge in [-0.15, -0.1) is 0 Å². The number of ether oxygens (including phenoxy) is 1. The van der Waals surface area contributed by atoms with E-state index < -0.39 is 11.6 Å². The Morgan fingerprint density at radius 2 is 2.00 bits per heavy atom. The minimum atomic E-state index is -0.500. The van der Waals surface area contributed by atoms with Crippen LogP contribution in [0.5, 0.6) is 5.88 Å². The van der Waals surface area contributed by atoms with Crippen molar-refractivity contribution in [3.8, 4) is 17.1 Å². The SMILES string of the molecule is COc1cc(-c2cc3n(n2)CC[C@H]3NC(=O)c2cc(F)cc(C3CC3)c2)c(F)cn1. The molecule has 6 nitrogen and oxygen atoms in total. The van der Waals surface area contributed by atoms with E-state index in [-0.39, 0.29) is 17.5 Å². The third-order valence-electron chi connectivity index (χ3n) is 5.65. The second-order valence-electron chi connectivity index (χ2n) is 7.75. The molecule has 1 fully saturated rings. The lowest BCUT2D eigenvalue weighted by Crippen LogP contribution is -2.27. The Kier molecular flexibility index (Phi) is 4.49. The van der Waals surface area contributed by atoms with Crippen LogP contribution in [0.4, 0.5) is 8.78 Å². The maximum absolute atomic E-state index is 14.3. The van der Waals surface area contributed by atoms with Gasteiger partial charge < -0.3 is 10.1 Å². The zero-order chi connectivity index (χ0) is 20.8. The quantitative estimate of drug-likeness (QED) is 0.691. The number of amides is 1. The van der Waals surface area contributed by atoms with Gasteiger partial charge in [-0.05, 0) is 55.0 Å². The van der Waals surface area contributed by atoms with Crippen molar-refractivity contribution >= 4 is 5.91 Å². The van der Waals surface area contributed by atoms with Crippen LogP contribution in [0.3, 0.4) is 0 Å². The molecule has 154 valence electrons. The van der Waals surface area contributed by atoms with Crippen LogP contribution in [0.1, 0.15) is 52.8 Å². The number of carbonyl (C=O) groups excluding carboxylic acids is 1. The Labute approximate surface area is 171 Å². The summed E-state index contributed by atoms with van der Waals surface area (Å²) in [5.74, 6) is -0.572. The van der Waals surface area contributed by atoms with Gasteiger partial charge in [0.25, 0.3) is 5.91 Å². The lowest BCUT2D eigenvalue weighted by Gasteiger charge is -2.13. The Hall–Kier alpha value is -3.29. The number of pyridine rings is 1. The van der Waals surface area contributed by atoms with E-state index in [0.717, 1.165) is 30.3 Å². The second kappa shape index (κ2) is 7.19. The number of nitrogens with one attached hydrogen (secondary N) is 1. The van der Waals surface area contributed by atoms with Crippen LogP contribution in [0, 0.1) is 11.6 Å². The smallest absolute Gasteiger partial charge is 0.251 e. The van der Waals surface area contributed by atoms with Crippen molar-refractivity contribution in [2.45, 2.75) is 37.8 Å². The fourth-order valence-corrected chi connectivity index (χ4v) is 3.93. The molecular weight excluding hydrogens is 390 g/mol.